The van der Waals surface area contributed by atoms with Gasteiger partial charge in [-0.3, -0.25) is 0 Å². The first-order valence-electron chi connectivity index (χ1n) is 8.01. The standard InChI is InChI=1S/C8H6O4.2C4H10N2/c9-7(10)5-3-1-2-4-6(5)8(11)12;2*1-2-6-4-3-5-1/h1-4H,(H,9,10)(H,11,12);2*5-6H,1-4H2. The van der Waals surface area contributed by atoms with Crippen LogP contribution in [0.5, 0.6) is 0 Å². The average molecular weight is 338 g/mol. The Kier molecular flexibility index (Phi) is 10.4. The van der Waals surface area contributed by atoms with E-state index in [1.807, 2.05) is 0 Å². The monoisotopic (exact) mass is 338 g/mol. The van der Waals surface area contributed by atoms with Crippen LogP contribution in [-0.2, 0) is 0 Å². The molecule has 6 N–H and O–H groups in total. The summed E-state index contributed by atoms with van der Waals surface area (Å²) < 4.78 is 0. The fraction of sp³-hybridized carbons (Fsp3) is 0.500. The van der Waals surface area contributed by atoms with Crippen LogP contribution in [0.4, 0.5) is 0 Å². The Labute approximate surface area is 141 Å². The third-order valence-electron chi connectivity index (χ3n) is 3.30. The summed E-state index contributed by atoms with van der Waals surface area (Å²) in [6.07, 6.45) is 0. The minimum Gasteiger partial charge on any atom is -0.478 e. The quantitative estimate of drug-likeness (QED) is 0.424. The minimum absolute atomic E-state index is 0.190. The van der Waals surface area contributed by atoms with E-state index >= 15 is 0 Å². The number of carbonyl (C=O) groups is 2. The number of carboxylic acids is 2. The highest BCUT2D eigenvalue weighted by Crippen LogP contribution is 2.07. The van der Waals surface area contributed by atoms with E-state index in [4.69, 9.17) is 10.2 Å². The lowest BCUT2D eigenvalue weighted by molar-refractivity contribution is 0.0651. The molecule has 1 aromatic rings. The molecule has 0 radical (unpaired) electrons. The van der Waals surface area contributed by atoms with Crippen LogP contribution in [0.3, 0.4) is 0 Å². The van der Waals surface area contributed by atoms with Gasteiger partial charge < -0.3 is 31.5 Å². The van der Waals surface area contributed by atoms with Crippen LogP contribution >= 0.6 is 0 Å². The van der Waals surface area contributed by atoms with Crippen molar-refractivity contribution in [3.8, 4) is 0 Å². The van der Waals surface area contributed by atoms with Crippen molar-refractivity contribution in [2.24, 2.45) is 0 Å². The Morgan fingerprint density at radius 3 is 1.04 bits per heavy atom. The highest BCUT2D eigenvalue weighted by molar-refractivity contribution is 6.01. The summed E-state index contributed by atoms with van der Waals surface area (Å²) in [4.78, 5) is 20.9. The summed E-state index contributed by atoms with van der Waals surface area (Å²) in [5.74, 6) is -2.46. The molecule has 1 aromatic carbocycles. The van der Waals surface area contributed by atoms with Crippen molar-refractivity contribution >= 4 is 11.9 Å². The molecule has 2 fully saturated rings. The SMILES string of the molecule is C1CNCCN1.C1CNCCN1.O=C(O)c1ccccc1C(=O)O. The van der Waals surface area contributed by atoms with E-state index in [0.717, 1.165) is 52.4 Å². The van der Waals surface area contributed by atoms with Crippen LogP contribution in [0.1, 0.15) is 20.7 Å². The van der Waals surface area contributed by atoms with Crippen LogP contribution in [0.2, 0.25) is 0 Å². The molecule has 2 aliphatic rings. The fourth-order valence-electron chi connectivity index (χ4n) is 2.06. The van der Waals surface area contributed by atoms with Crippen LogP contribution < -0.4 is 21.3 Å². The number of rotatable bonds is 2. The Morgan fingerprint density at radius 2 is 0.875 bits per heavy atom. The van der Waals surface area contributed by atoms with Crippen molar-refractivity contribution in [1.82, 2.24) is 21.3 Å². The van der Waals surface area contributed by atoms with E-state index in [0.29, 0.717) is 0 Å². The summed E-state index contributed by atoms with van der Waals surface area (Å²) >= 11 is 0. The molecule has 0 unspecified atom stereocenters. The molecule has 0 saturated carbocycles. The van der Waals surface area contributed by atoms with Crippen molar-refractivity contribution < 1.29 is 19.8 Å². The van der Waals surface area contributed by atoms with Gasteiger partial charge in [-0.15, -0.1) is 0 Å². The molecular weight excluding hydrogens is 312 g/mol. The first kappa shape index (κ1) is 20.0. The van der Waals surface area contributed by atoms with Gasteiger partial charge in [0.15, 0.2) is 0 Å². The number of nitrogens with one attached hydrogen (secondary N) is 4. The number of carboxylic acid groups (broad SMARTS) is 2. The lowest BCUT2D eigenvalue weighted by Gasteiger charge is -2.11. The van der Waals surface area contributed by atoms with Crippen molar-refractivity contribution in [3.05, 3.63) is 35.4 Å². The third kappa shape index (κ3) is 8.59. The molecule has 0 spiro atoms. The van der Waals surface area contributed by atoms with E-state index < -0.39 is 11.9 Å². The zero-order valence-corrected chi connectivity index (χ0v) is 13.7. The van der Waals surface area contributed by atoms with E-state index in [-0.39, 0.29) is 11.1 Å². The van der Waals surface area contributed by atoms with Gasteiger partial charge in [0.05, 0.1) is 11.1 Å². The molecule has 2 heterocycles. The molecule has 2 aliphatic heterocycles. The predicted molar refractivity (Wildman–Crippen MR) is 91.8 cm³/mol. The van der Waals surface area contributed by atoms with Crippen molar-refractivity contribution in [2.45, 2.75) is 0 Å². The minimum atomic E-state index is -1.23. The number of benzene rings is 1. The zero-order chi connectivity index (χ0) is 17.6. The van der Waals surface area contributed by atoms with E-state index in [9.17, 15) is 9.59 Å². The van der Waals surface area contributed by atoms with Gasteiger partial charge in [-0.05, 0) is 12.1 Å². The maximum Gasteiger partial charge on any atom is 0.336 e. The van der Waals surface area contributed by atoms with Crippen LogP contribution in [0, 0.1) is 0 Å². The first-order chi connectivity index (χ1) is 11.6. The van der Waals surface area contributed by atoms with Gasteiger partial charge in [0.1, 0.15) is 0 Å². The largest absolute Gasteiger partial charge is 0.478 e. The summed E-state index contributed by atoms with van der Waals surface area (Å²) in [6.45, 7) is 9.11. The van der Waals surface area contributed by atoms with Crippen molar-refractivity contribution in [3.63, 3.8) is 0 Å². The molecule has 0 atom stereocenters. The Bertz CT molecular complexity index is 435. The van der Waals surface area contributed by atoms with E-state index in [2.05, 4.69) is 21.3 Å². The van der Waals surface area contributed by atoms with Crippen molar-refractivity contribution in [1.29, 1.82) is 0 Å². The number of piperazine rings is 2. The predicted octanol–water partition coefficient (Wildman–Crippen LogP) is -0.559. The topological polar surface area (TPSA) is 123 Å². The molecule has 8 nitrogen and oxygen atoms in total. The highest BCUT2D eigenvalue weighted by atomic mass is 16.4. The van der Waals surface area contributed by atoms with Gasteiger partial charge in [0, 0.05) is 52.4 Å². The molecule has 24 heavy (non-hydrogen) atoms. The Balaban J connectivity index is 0.000000200. The van der Waals surface area contributed by atoms with Gasteiger partial charge in [-0.1, -0.05) is 12.1 Å². The molecule has 0 amide bonds. The number of hydrogen-bond donors (Lipinski definition) is 6. The van der Waals surface area contributed by atoms with E-state index in [1.165, 1.54) is 24.3 Å². The normalized spacial score (nSPS) is 16.7. The van der Waals surface area contributed by atoms with Gasteiger partial charge in [0.25, 0.3) is 0 Å². The van der Waals surface area contributed by atoms with Gasteiger partial charge in [-0.25, -0.2) is 9.59 Å². The van der Waals surface area contributed by atoms with Crippen LogP contribution in [0.25, 0.3) is 0 Å². The number of hydrogen-bond acceptors (Lipinski definition) is 6. The van der Waals surface area contributed by atoms with Gasteiger partial charge in [-0.2, -0.15) is 0 Å². The first-order valence-corrected chi connectivity index (χ1v) is 8.01. The number of aromatic carboxylic acids is 2. The molecular formula is C16H26N4O4. The molecule has 0 aromatic heterocycles. The van der Waals surface area contributed by atoms with Crippen LogP contribution in [-0.4, -0.2) is 74.5 Å². The summed E-state index contributed by atoms with van der Waals surface area (Å²) in [5, 5.41) is 30.0. The Hall–Kier alpha value is -2.00. The summed E-state index contributed by atoms with van der Waals surface area (Å²) in [6, 6.07) is 5.48. The molecule has 0 bridgehead atoms. The smallest absolute Gasteiger partial charge is 0.336 e. The van der Waals surface area contributed by atoms with Gasteiger partial charge in [0.2, 0.25) is 0 Å². The lowest BCUT2D eigenvalue weighted by Crippen LogP contribution is -2.39. The molecule has 3 rings (SSSR count). The maximum absolute atomic E-state index is 10.5. The second-order valence-corrected chi connectivity index (χ2v) is 5.16. The molecule has 0 aliphatic carbocycles. The van der Waals surface area contributed by atoms with Crippen molar-refractivity contribution in [2.75, 3.05) is 52.4 Å². The lowest BCUT2D eigenvalue weighted by atomic mass is 10.1. The zero-order valence-electron chi connectivity index (χ0n) is 13.7. The Morgan fingerprint density at radius 1 is 0.625 bits per heavy atom. The maximum atomic E-state index is 10.5. The summed E-state index contributed by atoms with van der Waals surface area (Å²) in [7, 11) is 0. The summed E-state index contributed by atoms with van der Waals surface area (Å²) in [5.41, 5.74) is -0.380. The molecule has 134 valence electrons. The fourth-order valence-corrected chi connectivity index (χ4v) is 2.06. The van der Waals surface area contributed by atoms with Crippen LogP contribution in [0.15, 0.2) is 24.3 Å². The second kappa shape index (κ2) is 12.4. The highest BCUT2D eigenvalue weighted by Gasteiger charge is 2.13. The second-order valence-electron chi connectivity index (χ2n) is 5.16. The van der Waals surface area contributed by atoms with Gasteiger partial charge >= 0.3 is 11.9 Å². The van der Waals surface area contributed by atoms with E-state index in [1.54, 1.807) is 0 Å². The average Bonchev–Trinajstić information content (AvgIpc) is 2.65. The third-order valence-corrected chi connectivity index (χ3v) is 3.30. The molecule has 8 heteroatoms. The molecule has 2 saturated heterocycles.